The Morgan fingerprint density at radius 3 is 2.75 bits per heavy atom. The molecule has 2 fully saturated rings. The first-order valence-electron chi connectivity index (χ1n) is 4.80. The van der Waals surface area contributed by atoms with Gasteiger partial charge in [-0.25, -0.2) is 4.39 Å². The smallest absolute Gasteiger partial charge is 0.105 e. The average molecular weight is 173 g/mol. The van der Waals surface area contributed by atoms with Gasteiger partial charge < -0.3 is 10.1 Å². The highest BCUT2D eigenvalue weighted by atomic mass is 19.1. The minimum atomic E-state index is -0.628. The number of ether oxygens (including phenoxy) is 1. The molecular formula is C9H16FNO. The molecule has 2 rings (SSSR count). The van der Waals surface area contributed by atoms with E-state index in [1.54, 1.807) is 0 Å². The van der Waals surface area contributed by atoms with Gasteiger partial charge in [0.2, 0.25) is 0 Å². The summed E-state index contributed by atoms with van der Waals surface area (Å²) in [6.45, 7) is 2.57. The lowest BCUT2D eigenvalue weighted by Crippen LogP contribution is -2.48. The van der Waals surface area contributed by atoms with Crippen LogP contribution in [0.5, 0.6) is 0 Å². The second-order valence-electron chi connectivity index (χ2n) is 3.87. The van der Waals surface area contributed by atoms with Crippen LogP contribution in [0.1, 0.15) is 25.7 Å². The third-order valence-corrected chi connectivity index (χ3v) is 2.95. The van der Waals surface area contributed by atoms with Gasteiger partial charge in [0.25, 0.3) is 0 Å². The van der Waals surface area contributed by atoms with E-state index in [0.29, 0.717) is 19.4 Å². The molecule has 12 heavy (non-hydrogen) atoms. The number of halogens is 1. The lowest BCUT2D eigenvalue weighted by molar-refractivity contribution is -0.117. The summed E-state index contributed by atoms with van der Waals surface area (Å²) in [5.41, 5.74) is -0.108. The van der Waals surface area contributed by atoms with Gasteiger partial charge in [0.05, 0.1) is 12.2 Å². The zero-order valence-corrected chi connectivity index (χ0v) is 7.31. The molecule has 1 N–H and O–H groups in total. The fraction of sp³-hybridized carbons (Fsp3) is 1.00. The Labute approximate surface area is 72.5 Å². The topological polar surface area (TPSA) is 21.3 Å². The lowest BCUT2D eigenvalue weighted by atomic mass is 9.84. The molecule has 1 unspecified atom stereocenters. The summed E-state index contributed by atoms with van der Waals surface area (Å²) < 4.78 is 18.8. The molecule has 2 aliphatic rings. The van der Waals surface area contributed by atoms with Crippen LogP contribution >= 0.6 is 0 Å². The lowest BCUT2D eigenvalue weighted by Gasteiger charge is -2.41. The summed E-state index contributed by atoms with van der Waals surface area (Å²) in [6.07, 6.45) is 2.54. The number of hydrogen-bond acceptors (Lipinski definition) is 2. The van der Waals surface area contributed by atoms with Crippen molar-refractivity contribution in [3.8, 4) is 0 Å². The van der Waals surface area contributed by atoms with Gasteiger partial charge >= 0.3 is 0 Å². The van der Waals surface area contributed by atoms with Gasteiger partial charge in [-0.3, -0.25) is 0 Å². The van der Waals surface area contributed by atoms with Gasteiger partial charge in [0, 0.05) is 12.8 Å². The van der Waals surface area contributed by atoms with E-state index in [-0.39, 0.29) is 5.60 Å². The van der Waals surface area contributed by atoms with Crippen molar-refractivity contribution in [2.24, 2.45) is 0 Å². The zero-order valence-electron chi connectivity index (χ0n) is 7.31. The molecule has 70 valence electrons. The minimum absolute atomic E-state index is 0.108. The zero-order chi connectivity index (χ0) is 8.44. The fourth-order valence-electron chi connectivity index (χ4n) is 2.20. The van der Waals surface area contributed by atoms with E-state index < -0.39 is 6.17 Å². The van der Waals surface area contributed by atoms with E-state index in [2.05, 4.69) is 5.32 Å². The van der Waals surface area contributed by atoms with Crippen LogP contribution in [-0.2, 0) is 4.74 Å². The fourth-order valence-corrected chi connectivity index (χ4v) is 2.20. The van der Waals surface area contributed by atoms with Crippen molar-refractivity contribution in [2.75, 3.05) is 19.7 Å². The second kappa shape index (κ2) is 3.30. The van der Waals surface area contributed by atoms with Gasteiger partial charge in [0.15, 0.2) is 0 Å². The first-order valence-corrected chi connectivity index (χ1v) is 4.80. The molecule has 0 aromatic heterocycles. The number of rotatable bonds is 0. The number of alkyl halides is 1. The molecule has 1 spiro atoms. The molecule has 0 saturated carbocycles. The number of piperidine rings is 1. The summed E-state index contributed by atoms with van der Waals surface area (Å²) in [5, 5.41) is 3.27. The van der Waals surface area contributed by atoms with E-state index >= 15 is 0 Å². The van der Waals surface area contributed by atoms with Gasteiger partial charge in [-0.1, -0.05) is 0 Å². The van der Waals surface area contributed by atoms with Crippen LogP contribution in [0.2, 0.25) is 0 Å². The maximum atomic E-state index is 13.1. The van der Waals surface area contributed by atoms with Crippen LogP contribution in [0.25, 0.3) is 0 Å². The largest absolute Gasteiger partial charge is 0.375 e. The summed E-state index contributed by atoms with van der Waals surface area (Å²) in [6, 6.07) is 0. The Bertz CT molecular complexity index is 151. The predicted octanol–water partition coefficient (Wildman–Crippen LogP) is 1.26. The van der Waals surface area contributed by atoms with E-state index in [0.717, 1.165) is 25.9 Å². The van der Waals surface area contributed by atoms with Crippen molar-refractivity contribution in [3.05, 3.63) is 0 Å². The van der Waals surface area contributed by atoms with E-state index in [1.165, 1.54) is 0 Å². The first kappa shape index (κ1) is 8.45. The van der Waals surface area contributed by atoms with Crippen molar-refractivity contribution in [1.29, 1.82) is 0 Å². The molecule has 0 aromatic rings. The highest BCUT2D eigenvalue weighted by Crippen LogP contribution is 2.33. The van der Waals surface area contributed by atoms with Gasteiger partial charge in [0.1, 0.15) is 6.17 Å². The van der Waals surface area contributed by atoms with Crippen molar-refractivity contribution >= 4 is 0 Å². The quantitative estimate of drug-likeness (QED) is 0.595. The van der Waals surface area contributed by atoms with Crippen LogP contribution < -0.4 is 5.32 Å². The summed E-state index contributed by atoms with van der Waals surface area (Å²) in [7, 11) is 0. The molecule has 0 aliphatic carbocycles. The minimum Gasteiger partial charge on any atom is -0.375 e. The Morgan fingerprint density at radius 2 is 2.08 bits per heavy atom. The molecule has 0 amide bonds. The number of nitrogens with one attached hydrogen (secondary N) is 1. The SMILES string of the molecule is FC1CCOC2(CCNCC2)C1. The normalized spacial score (nSPS) is 35.2. The molecule has 2 heterocycles. The molecule has 0 bridgehead atoms. The van der Waals surface area contributed by atoms with Crippen molar-refractivity contribution < 1.29 is 9.13 Å². The molecule has 2 aliphatic heterocycles. The first-order chi connectivity index (χ1) is 5.81. The van der Waals surface area contributed by atoms with Crippen molar-refractivity contribution in [1.82, 2.24) is 5.32 Å². The Kier molecular flexibility index (Phi) is 2.33. The van der Waals surface area contributed by atoms with E-state index in [4.69, 9.17) is 4.74 Å². The Balaban J connectivity index is 1.97. The standard InChI is InChI=1S/C9H16FNO/c10-8-1-6-12-9(7-8)2-4-11-5-3-9/h8,11H,1-7H2. The predicted molar refractivity (Wildman–Crippen MR) is 44.9 cm³/mol. The van der Waals surface area contributed by atoms with Crippen LogP contribution in [-0.4, -0.2) is 31.5 Å². The van der Waals surface area contributed by atoms with Gasteiger partial charge in [-0.15, -0.1) is 0 Å². The third-order valence-electron chi connectivity index (χ3n) is 2.95. The van der Waals surface area contributed by atoms with Gasteiger partial charge in [-0.2, -0.15) is 0 Å². The second-order valence-corrected chi connectivity index (χ2v) is 3.87. The maximum Gasteiger partial charge on any atom is 0.105 e. The van der Waals surface area contributed by atoms with Crippen LogP contribution in [0, 0.1) is 0 Å². The number of hydrogen-bond donors (Lipinski definition) is 1. The van der Waals surface area contributed by atoms with E-state index in [9.17, 15) is 4.39 Å². The van der Waals surface area contributed by atoms with E-state index in [1.807, 2.05) is 0 Å². The van der Waals surface area contributed by atoms with Gasteiger partial charge in [-0.05, 0) is 25.9 Å². The van der Waals surface area contributed by atoms with Crippen LogP contribution in [0.3, 0.4) is 0 Å². The van der Waals surface area contributed by atoms with Crippen molar-refractivity contribution in [2.45, 2.75) is 37.5 Å². The molecule has 2 nitrogen and oxygen atoms in total. The summed E-state index contributed by atoms with van der Waals surface area (Å²) in [5.74, 6) is 0. The molecule has 0 aromatic carbocycles. The molecular weight excluding hydrogens is 157 g/mol. The third kappa shape index (κ3) is 1.62. The van der Waals surface area contributed by atoms with Crippen LogP contribution in [0.4, 0.5) is 4.39 Å². The average Bonchev–Trinajstić information content (AvgIpc) is 2.05. The maximum absolute atomic E-state index is 13.1. The highest BCUT2D eigenvalue weighted by Gasteiger charge is 2.38. The molecule has 0 radical (unpaired) electrons. The van der Waals surface area contributed by atoms with Crippen molar-refractivity contribution in [3.63, 3.8) is 0 Å². The van der Waals surface area contributed by atoms with Crippen LogP contribution in [0.15, 0.2) is 0 Å². The molecule has 1 atom stereocenters. The monoisotopic (exact) mass is 173 g/mol. The Morgan fingerprint density at radius 1 is 1.33 bits per heavy atom. The summed E-state index contributed by atoms with van der Waals surface area (Å²) >= 11 is 0. The Hall–Kier alpha value is -0.150. The summed E-state index contributed by atoms with van der Waals surface area (Å²) in [4.78, 5) is 0. The molecule has 3 heteroatoms. The highest BCUT2D eigenvalue weighted by molar-refractivity contribution is 4.91. The molecule has 2 saturated heterocycles.